The van der Waals surface area contributed by atoms with Gasteiger partial charge in [-0.2, -0.15) is 0 Å². The molecule has 0 saturated heterocycles. The van der Waals surface area contributed by atoms with Crippen LogP contribution in [0.15, 0.2) is 120 Å². The average Bonchev–Trinajstić information content (AvgIpc) is 3.55. The monoisotopic (exact) mass is 760 g/mol. The Morgan fingerprint density at radius 2 is 1.61 bits per heavy atom. The minimum absolute atomic E-state index is 0.0161. The molecule has 0 saturated carbocycles. The number of para-hydroxylation sites is 1. The Morgan fingerprint density at radius 1 is 0.889 bits per heavy atom. The van der Waals surface area contributed by atoms with Crippen molar-refractivity contribution in [2.24, 2.45) is 0 Å². The smallest absolute Gasteiger partial charge is 0.341 e. The number of esters is 1. The molecule has 1 atom stereocenters. The lowest BCUT2D eigenvalue weighted by molar-refractivity contribution is -0.115. The van der Waals surface area contributed by atoms with Gasteiger partial charge in [0, 0.05) is 46.2 Å². The Kier molecular flexibility index (Phi) is 12.6. The summed E-state index contributed by atoms with van der Waals surface area (Å²) in [5.41, 5.74) is 4.05. The van der Waals surface area contributed by atoms with Crippen molar-refractivity contribution in [2.45, 2.75) is 36.6 Å². The van der Waals surface area contributed by atoms with Gasteiger partial charge in [-0.25, -0.2) is 4.79 Å². The van der Waals surface area contributed by atoms with Crippen molar-refractivity contribution in [2.75, 3.05) is 31.4 Å². The number of hydrogen-bond acceptors (Lipinski definition) is 9. The first-order valence-electron chi connectivity index (χ1n) is 17.3. The number of nitrogens with one attached hydrogen (secondary N) is 3. The highest BCUT2D eigenvalue weighted by molar-refractivity contribution is 8.00. The van der Waals surface area contributed by atoms with E-state index >= 15 is 0 Å². The van der Waals surface area contributed by atoms with Crippen LogP contribution in [0, 0.1) is 0 Å². The zero-order valence-corrected chi connectivity index (χ0v) is 31.7. The maximum absolute atomic E-state index is 13.7. The minimum atomic E-state index is -0.554. The lowest BCUT2D eigenvalue weighted by Gasteiger charge is -2.27. The number of carbonyl (C=O) groups is 4. The number of methoxy groups -OCH3 is 2. The molecule has 1 unspecified atom stereocenters. The highest BCUT2D eigenvalue weighted by atomic mass is 32.2. The number of thiophene rings is 1. The fourth-order valence-corrected chi connectivity index (χ4v) is 8.25. The molecule has 0 aliphatic carbocycles. The number of anilines is 2. The predicted molar refractivity (Wildman–Crippen MR) is 214 cm³/mol. The van der Waals surface area contributed by atoms with Gasteiger partial charge in [0.1, 0.15) is 16.4 Å². The Bertz CT molecular complexity index is 2170. The summed E-state index contributed by atoms with van der Waals surface area (Å²) in [4.78, 5) is 57.4. The van der Waals surface area contributed by atoms with Crippen LogP contribution >= 0.6 is 23.1 Å². The molecule has 12 heteroatoms. The molecule has 0 radical (unpaired) electrons. The molecule has 54 heavy (non-hydrogen) atoms. The van der Waals surface area contributed by atoms with Crippen LogP contribution < -0.4 is 20.7 Å². The molecule has 1 aliphatic rings. The molecule has 5 aromatic rings. The topological polar surface area (TPSA) is 126 Å². The highest BCUT2D eigenvalue weighted by Gasteiger charge is 2.30. The van der Waals surface area contributed by atoms with E-state index in [1.54, 1.807) is 73.7 Å². The maximum Gasteiger partial charge on any atom is 0.341 e. The van der Waals surface area contributed by atoms with Gasteiger partial charge in [-0.15, -0.1) is 23.1 Å². The highest BCUT2D eigenvalue weighted by Crippen LogP contribution is 2.39. The Labute approximate surface area is 322 Å². The van der Waals surface area contributed by atoms with E-state index in [2.05, 4.69) is 33.0 Å². The molecular weight excluding hydrogens is 721 g/mol. The van der Waals surface area contributed by atoms with Crippen LogP contribution in [0.5, 0.6) is 5.75 Å². The number of thioether (sulfide) groups is 1. The normalized spacial score (nSPS) is 13.3. The Balaban J connectivity index is 1.14. The number of amides is 3. The number of carbonyl (C=O) groups excluding carboxylic acids is 4. The molecule has 0 fully saturated rings. The molecule has 1 aliphatic heterocycles. The van der Waals surface area contributed by atoms with Crippen molar-refractivity contribution < 1.29 is 28.7 Å². The second kappa shape index (κ2) is 17.9. The largest absolute Gasteiger partial charge is 0.496 e. The molecular formula is C42H40N4O6S2. The second-order valence-electron chi connectivity index (χ2n) is 12.5. The molecule has 3 N–H and O–H groups in total. The molecule has 1 aromatic heterocycles. The van der Waals surface area contributed by atoms with Gasteiger partial charge < -0.3 is 25.4 Å². The van der Waals surface area contributed by atoms with Gasteiger partial charge >= 0.3 is 5.97 Å². The third-order valence-electron chi connectivity index (χ3n) is 8.75. The van der Waals surface area contributed by atoms with Gasteiger partial charge in [-0.3, -0.25) is 19.3 Å². The van der Waals surface area contributed by atoms with Crippen molar-refractivity contribution in [1.29, 1.82) is 0 Å². The van der Waals surface area contributed by atoms with E-state index in [0.717, 1.165) is 28.4 Å². The van der Waals surface area contributed by atoms with Crippen LogP contribution in [-0.2, 0) is 33.8 Å². The molecule has 3 amide bonds. The van der Waals surface area contributed by atoms with Gasteiger partial charge in [-0.05, 0) is 66.9 Å². The van der Waals surface area contributed by atoms with Gasteiger partial charge in [0.25, 0.3) is 11.8 Å². The summed E-state index contributed by atoms with van der Waals surface area (Å²) in [5, 5.41) is 8.57. The molecule has 276 valence electrons. The van der Waals surface area contributed by atoms with Gasteiger partial charge in [0.05, 0.1) is 25.0 Å². The van der Waals surface area contributed by atoms with Crippen LogP contribution in [0.4, 0.5) is 10.7 Å². The summed E-state index contributed by atoms with van der Waals surface area (Å²) in [6.45, 7) is 4.03. The number of fused-ring (bicyclic) bond motifs is 1. The molecule has 6 rings (SSSR count). The molecule has 10 nitrogen and oxygen atoms in total. The van der Waals surface area contributed by atoms with Gasteiger partial charge in [-0.1, -0.05) is 72.8 Å². The molecule has 2 heterocycles. The molecule has 0 bridgehead atoms. The first kappa shape index (κ1) is 38.0. The van der Waals surface area contributed by atoms with Gasteiger partial charge in [0.2, 0.25) is 5.91 Å². The SMILES string of the molecule is COC(=O)c1c(NC(=O)C(C)Sc2cccc(NC(=O)/C(=C\c3ccccc3OC)NC(=O)c3ccccc3)c2)sc2c1CCN(Cc1ccccc1)C2. The zero-order valence-electron chi connectivity index (χ0n) is 30.1. The van der Waals surface area contributed by atoms with E-state index in [4.69, 9.17) is 9.47 Å². The second-order valence-corrected chi connectivity index (χ2v) is 15.0. The number of benzene rings is 4. The van der Waals surface area contributed by atoms with Crippen LogP contribution in [0.1, 0.15) is 49.2 Å². The Hall–Kier alpha value is -5.69. The maximum atomic E-state index is 13.7. The standard InChI is InChI=1S/C42H40N4O6S2/c1-27(38(47)45-41-37(42(50)52-3)33-21-22-46(26-36(33)54-41)25-28-13-6-4-7-14-28)53-32-19-12-18-31(24-32)43-40(49)34(23-30-17-10-11-20-35(30)51-2)44-39(48)29-15-8-5-9-16-29/h4-20,23-24,27H,21-22,25-26H2,1-3H3,(H,43,49)(H,44,48)(H,45,47)/b34-23+. The number of ether oxygens (including phenoxy) is 2. The summed E-state index contributed by atoms with van der Waals surface area (Å²) < 4.78 is 10.6. The van der Waals surface area contributed by atoms with E-state index in [1.807, 2.05) is 36.4 Å². The van der Waals surface area contributed by atoms with E-state index in [9.17, 15) is 19.2 Å². The van der Waals surface area contributed by atoms with Crippen molar-refractivity contribution in [3.63, 3.8) is 0 Å². The Morgan fingerprint density at radius 3 is 2.35 bits per heavy atom. The first-order valence-corrected chi connectivity index (χ1v) is 19.0. The van der Waals surface area contributed by atoms with E-state index in [0.29, 0.717) is 46.1 Å². The molecule has 0 spiro atoms. The minimum Gasteiger partial charge on any atom is -0.496 e. The van der Waals surface area contributed by atoms with Crippen LogP contribution in [-0.4, -0.2) is 54.6 Å². The van der Waals surface area contributed by atoms with E-state index < -0.39 is 23.0 Å². The number of rotatable bonds is 13. The van der Waals surface area contributed by atoms with Crippen molar-refractivity contribution in [1.82, 2.24) is 10.2 Å². The summed E-state index contributed by atoms with van der Waals surface area (Å²) >= 11 is 2.72. The predicted octanol–water partition coefficient (Wildman–Crippen LogP) is 7.63. The number of hydrogen-bond donors (Lipinski definition) is 3. The quantitative estimate of drug-likeness (QED) is 0.0636. The fraction of sp³-hybridized carbons (Fsp3) is 0.190. The summed E-state index contributed by atoms with van der Waals surface area (Å²) in [6, 6.07) is 33.2. The fourth-order valence-electron chi connectivity index (χ4n) is 6.04. The van der Waals surface area contributed by atoms with Crippen molar-refractivity contribution >= 4 is 63.6 Å². The van der Waals surface area contributed by atoms with E-state index in [-0.39, 0.29) is 11.6 Å². The number of nitrogens with zero attached hydrogens (tertiary/aromatic N) is 1. The lowest BCUT2D eigenvalue weighted by Crippen LogP contribution is -2.30. The van der Waals surface area contributed by atoms with E-state index in [1.165, 1.54) is 42.9 Å². The van der Waals surface area contributed by atoms with Crippen LogP contribution in [0.3, 0.4) is 0 Å². The third kappa shape index (κ3) is 9.45. The summed E-state index contributed by atoms with van der Waals surface area (Å²) in [6.07, 6.45) is 2.24. The summed E-state index contributed by atoms with van der Waals surface area (Å²) in [7, 11) is 2.88. The molecule has 4 aromatic carbocycles. The average molecular weight is 761 g/mol. The first-order chi connectivity index (χ1) is 26.2. The van der Waals surface area contributed by atoms with Crippen LogP contribution in [0.2, 0.25) is 0 Å². The van der Waals surface area contributed by atoms with Crippen molar-refractivity contribution in [3.05, 3.63) is 148 Å². The van der Waals surface area contributed by atoms with Crippen molar-refractivity contribution in [3.8, 4) is 5.75 Å². The summed E-state index contributed by atoms with van der Waals surface area (Å²) in [5.74, 6) is -1.19. The zero-order chi connectivity index (χ0) is 38.0. The lowest BCUT2D eigenvalue weighted by atomic mass is 10.0. The third-order valence-corrected chi connectivity index (χ3v) is 11.0. The van der Waals surface area contributed by atoms with Gasteiger partial charge in [0.15, 0.2) is 0 Å². The van der Waals surface area contributed by atoms with Crippen LogP contribution in [0.25, 0.3) is 6.08 Å².